The minimum absolute atomic E-state index is 0.128. The standard InChI is InChI=1S/C14H21ClN2O/c1-10-7-12(17(2)16-10)8-14(9-15)5-6-18-13(14)11-3-4-11/h7,11,13H,3-6,8-9H2,1-2H3. The van der Waals surface area contributed by atoms with Crippen LogP contribution in [0.25, 0.3) is 0 Å². The highest BCUT2D eigenvalue weighted by Crippen LogP contribution is 2.49. The zero-order valence-electron chi connectivity index (χ0n) is 11.2. The number of hydrogen-bond donors (Lipinski definition) is 0. The van der Waals surface area contributed by atoms with Crippen LogP contribution in [0.2, 0.25) is 0 Å². The van der Waals surface area contributed by atoms with E-state index in [1.54, 1.807) is 0 Å². The van der Waals surface area contributed by atoms with E-state index >= 15 is 0 Å². The molecule has 1 saturated heterocycles. The summed E-state index contributed by atoms with van der Waals surface area (Å²) < 4.78 is 7.98. The highest BCUT2D eigenvalue weighted by atomic mass is 35.5. The van der Waals surface area contributed by atoms with Crippen molar-refractivity contribution in [3.8, 4) is 0 Å². The number of alkyl halides is 1. The molecular weight excluding hydrogens is 248 g/mol. The van der Waals surface area contributed by atoms with Crippen LogP contribution >= 0.6 is 11.6 Å². The maximum Gasteiger partial charge on any atom is 0.0675 e. The van der Waals surface area contributed by atoms with Crippen molar-refractivity contribution in [3.05, 3.63) is 17.5 Å². The van der Waals surface area contributed by atoms with E-state index in [2.05, 4.69) is 11.2 Å². The first-order valence-electron chi connectivity index (χ1n) is 6.82. The van der Waals surface area contributed by atoms with Crippen molar-refractivity contribution in [1.29, 1.82) is 0 Å². The molecule has 2 heterocycles. The number of aryl methyl sites for hydroxylation is 2. The van der Waals surface area contributed by atoms with Gasteiger partial charge in [-0.05, 0) is 44.6 Å². The lowest BCUT2D eigenvalue weighted by atomic mass is 9.77. The molecule has 3 rings (SSSR count). The lowest BCUT2D eigenvalue weighted by Gasteiger charge is -2.32. The summed E-state index contributed by atoms with van der Waals surface area (Å²) in [6, 6.07) is 2.18. The van der Waals surface area contributed by atoms with Crippen LogP contribution in [0.4, 0.5) is 0 Å². The summed E-state index contributed by atoms with van der Waals surface area (Å²) in [6.07, 6.45) is 5.07. The summed E-state index contributed by atoms with van der Waals surface area (Å²) in [4.78, 5) is 0. The molecule has 100 valence electrons. The molecule has 2 unspecified atom stereocenters. The number of rotatable bonds is 4. The second kappa shape index (κ2) is 4.53. The van der Waals surface area contributed by atoms with Gasteiger partial charge in [0.25, 0.3) is 0 Å². The fraction of sp³-hybridized carbons (Fsp3) is 0.786. The van der Waals surface area contributed by atoms with Gasteiger partial charge in [0, 0.05) is 30.6 Å². The third kappa shape index (κ3) is 2.08. The average molecular weight is 269 g/mol. The van der Waals surface area contributed by atoms with Crippen LogP contribution in [0, 0.1) is 18.3 Å². The Morgan fingerprint density at radius 3 is 2.89 bits per heavy atom. The Bertz CT molecular complexity index is 441. The van der Waals surface area contributed by atoms with Crippen molar-refractivity contribution in [2.24, 2.45) is 18.4 Å². The van der Waals surface area contributed by atoms with E-state index in [-0.39, 0.29) is 5.41 Å². The van der Waals surface area contributed by atoms with Crippen molar-refractivity contribution < 1.29 is 4.74 Å². The number of aromatic nitrogens is 2. The molecule has 2 atom stereocenters. The molecule has 1 saturated carbocycles. The molecule has 3 nitrogen and oxygen atoms in total. The second-order valence-corrected chi connectivity index (χ2v) is 6.22. The maximum absolute atomic E-state index is 6.33. The van der Waals surface area contributed by atoms with Gasteiger partial charge in [0.15, 0.2) is 0 Å². The normalized spacial score (nSPS) is 32.1. The summed E-state index contributed by atoms with van der Waals surface area (Å²) in [5, 5.41) is 4.44. The van der Waals surface area contributed by atoms with E-state index in [0.717, 1.165) is 31.1 Å². The molecule has 1 aromatic heterocycles. The van der Waals surface area contributed by atoms with Crippen LogP contribution in [0.1, 0.15) is 30.7 Å². The van der Waals surface area contributed by atoms with Crippen molar-refractivity contribution in [1.82, 2.24) is 9.78 Å². The lowest BCUT2D eigenvalue weighted by molar-refractivity contribution is 0.0396. The SMILES string of the molecule is Cc1cc(CC2(CCl)CCOC2C2CC2)n(C)n1. The first-order valence-corrected chi connectivity index (χ1v) is 7.35. The molecule has 18 heavy (non-hydrogen) atoms. The molecular formula is C14H21ClN2O. The molecule has 0 amide bonds. The predicted molar refractivity (Wildman–Crippen MR) is 71.9 cm³/mol. The Hall–Kier alpha value is -0.540. The smallest absolute Gasteiger partial charge is 0.0675 e. The summed E-state index contributed by atoms with van der Waals surface area (Å²) in [7, 11) is 2.02. The Labute approximate surface area is 113 Å². The van der Waals surface area contributed by atoms with Gasteiger partial charge in [-0.2, -0.15) is 5.10 Å². The largest absolute Gasteiger partial charge is 0.377 e. The number of halogens is 1. The van der Waals surface area contributed by atoms with Gasteiger partial charge in [0.1, 0.15) is 0 Å². The topological polar surface area (TPSA) is 27.1 Å². The minimum Gasteiger partial charge on any atom is -0.377 e. The molecule has 0 aromatic carbocycles. The Morgan fingerprint density at radius 2 is 2.33 bits per heavy atom. The van der Waals surface area contributed by atoms with Crippen LogP contribution < -0.4 is 0 Å². The van der Waals surface area contributed by atoms with E-state index in [9.17, 15) is 0 Å². The van der Waals surface area contributed by atoms with Gasteiger partial charge in [-0.1, -0.05) is 0 Å². The zero-order chi connectivity index (χ0) is 12.8. The second-order valence-electron chi connectivity index (χ2n) is 5.95. The fourth-order valence-corrected chi connectivity index (χ4v) is 3.69. The van der Waals surface area contributed by atoms with E-state index < -0.39 is 0 Å². The van der Waals surface area contributed by atoms with Crippen molar-refractivity contribution in [3.63, 3.8) is 0 Å². The van der Waals surface area contributed by atoms with Gasteiger partial charge >= 0.3 is 0 Å². The predicted octanol–water partition coefficient (Wildman–Crippen LogP) is 2.70. The third-order valence-electron chi connectivity index (χ3n) is 4.45. The lowest BCUT2D eigenvalue weighted by Crippen LogP contribution is -2.37. The quantitative estimate of drug-likeness (QED) is 0.785. The third-order valence-corrected chi connectivity index (χ3v) is 4.98. The molecule has 0 radical (unpaired) electrons. The van der Waals surface area contributed by atoms with Gasteiger partial charge in [-0.25, -0.2) is 0 Å². The van der Waals surface area contributed by atoms with Gasteiger partial charge in [0.05, 0.1) is 11.8 Å². The summed E-state index contributed by atoms with van der Waals surface area (Å²) in [6.45, 7) is 2.91. The zero-order valence-corrected chi connectivity index (χ0v) is 11.9. The highest BCUT2D eigenvalue weighted by molar-refractivity contribution is 6.18. The molecule has 2 fully saturated rings. The summed E-state index contributed by atoms with van der Waals surface area (Å²) >= 11 is 6.33. The fourth-order valence-electron chi connectivity index (χ4n) is 3.31. The minimum atomic E-state index is 0.128. The van der Waals surface area contributed by atoms with Crippen LogP contribution in [0.5, 0.6) is 0 Å². The van der Waals surface area contributed by atoms with Crippen LogP contribution in [0.15, 0.2) is 6.07 Å². The van der Waals surface area contributed by atoms with Gasteiger partial charge < -0.3 is 4.74 Å². The van der Waals surface area contributed by atoms with Gasteiger partial charge in [-0.3, -0.25) is 4.68 Å². The van der Waals surface area contributed by atoms with Crippen LogP contribution in [-0.2, 0) is 18.2 Å². The molecule has 2 aliphatic rings. The van der Waals surface area contributed by atoms with Crippen LogP contribution in [0.3, 0.4) is 0 Å². The Kier molecular flexibility index (Phi) is 3.15. The average Bonchev–Trinajstić information content (AvgIpc) is 3.02. The first kappa shape index (κ1) is 12.5. The van der Waals surface area contributed by atoms with Gasteiger partial charge in [0.2, 0.25) is 0 Å². The monoisotopic (exact) mass is 268 g/mol. The molecule has 1 aliphatic carbocycles. The summed E-state index contributed by atoms with van der Waals surface area (Å²) in [5.74, 6) is 1.44. The van der Waals surface area contributed by atoms with E-state index in [1.807, 2.05) is 18.7 Å². The van der Waals surface area contributed by atoms with Gasteiger partial charge in [-0.15, -0.1) is 11.6 Å². The molecule has 0 bridgehead atoms. The number of nitrogens with zero attached hydrogens (tertiary/aromatic N) is 2. The Balaban J connectivity index is 1.84. The maximum atomic E-state index is 6.33. The molecule has 4 heteroatoms. The van der Waals surface area contributed by atoms with Crippen molar-refractivity contribution in [2.45, 2.75) is 38.7 Å². The molecule has 1 aliphatic heterocycles. The van der Waals surface area contributed by atoms with E-state index in [4.69, 9.17) is 16.3 Å². The molecule has 0 N–H and O–H groups in total. The van der Waals surface area contributed by atoms with Crippen molar-refractivity contribution >= 4 is 11.6 Å². The van der Waals surface area contributed by atoms with Crippen molar-refractivity contribution in [2.75, 3.05) is 12.5 Å². The molecule has 1 aromatic rings. The Morgan fingerprint density at radius 1 is 1.56 bits per heavy atom. The van der Waals surface area contributed by atoms with E-state index in [1.165, 1.54) is 18.5 Å². The highest BCUT2D eigenvalue weighted by Gasteiger charge is 2.50. The number of ether oxygens (including phenoxy) is 1. The van der Waals surface area contributed by atoms with E-state index in [0.29, 0.717) is 12.0 Å². The first-order chi connectivity index (χ1) is 8.64. The summed E-state index contributed by atoms with van der Waals surface area (Å²) in [5.41, 5.74) is 2.49. The molecule has 0 spiro atoms. The number of hydrogen-bond acceptors (Lipinski definition) is 2. The van der Waals surface area contributed by atoms with Crippen LogP contribution in [-0.4, -0.2) is 28.4 Å².